The molecule has 60 valence electrons. The van der Waals surface area contributed by atoms with Crippen LogP contribution in [0.4, 0.5) is 5.13 Å². The Morgan fingerprint density at radius 3 is 2.91 bits per heavy atom. The van der Waals surface area contributed by atoms with E-state index in [4.69, 9.17) is 0 Å². The minimum atomic E-state index is 0.656. The van der Waals surface area contributed by atoms with Gasteiger partial charge < -0.3 is 5.32 Å². The highest BCUT2D eigenvalue weighted by atomic mass is 32.1. The van der Waals surface area contributed by atoms with Crippen molar-refractivity contribution in [2.45, 2.75) is 31.7 Å². The van der Waals surface area contributed by atoms with Crippen LogP contribution in [0.1, 0.15) is 25.7 Å². The highest BCUT2D eigenvalue weighted by molar-refractivity contribution is 7.09. The third-order valence-electron chi connectivity index (χ3n) is 2.04. The highest BCUT2D eigenvalue weighted by Gasteiger charge is 2.14. The van der Waals surface area contributed by atoms with Gasteiger partial charge in [-0.1, -0.05) is 12.8 Å². The molecule has 1 aromatic rings. The van der Waals surface area contributed by atoms with Gasteiger partial charge in [0.2, 0.25) is 5.13 Å². The number of aromatic nitrogens is 2. The van der Waals surface area contributed by atoms with Crippen molar-refractivity contribution < 1.29 is 0 Å². The van der Waals surface area contributed by atoms with Crippen molar-refractivity contribution in [1.29, 1.82) is 0 Å². The molecule has 3 nitrogen and oxygen atoms in total. The van der Waals surface area contributed by atoms with Gasteiger partial charge >= 0.3 is 0 Å². The lowest BCUT2D eigenvalue weighted by atomic mass is 10.3. The second kappa shape index (κ2) is 3.17. The molecule has 1 aromatic heterocycles. The summed E-state index contributed by atoms with van der Waals surface area (Å²) in [4.78, 5) is 4.08. The SMILES string of the molecule is c1nsc(NC2CCCC2)n1. The Kier molecular flexibility index (Phi) is 2.03. The molecule has 4 heteroatoms. The van der Waals surface area contributed by atoms with Gasteiger partial charge in [0.25, 0.3) is 0 Å². The van der Waals surface area contributed by atoms with E-state index in [1.165, 1.54) is 37.2 Å². The van der Waals surface area contributed by atoms with Crippen LogP contribution in [0.25, 0.3) is 0 Å². The molecular formula is C7H11N3S. The zero-order chi connectivity index (χ0) is 7.52. The van der Waals surface area contributed by atoms with Gasteiger partial charge in [-0.25, -0.2) is 4.98 Å². The summed E-state index contributed by atoms with van der Waals surface area (Å²) in [6.45, 7) is 0. The first kappa shape index (κ1) is 7.03. The molecule has 0 bridgehead atoms. The van der Waals surface area contributed by atoms with Gasteiger partial charge in [-0.3, -0.25) is 0 Å². The molecule has 0 atom stereocenters. The summed E-state index contributed by atoms with van der Waals surface area (Å²) >= 11 is 1.44. The summed E-state index contributed by atoms with van der Waals surface area (Å²) in [6, 6.07) is 0.656. The lowest BCUT2D eigenvalue weighted by Gasteiger charge is -2.08. The minimum absolute atomic E-state index is 0.656. The second-order valence-electron chi connectivity index (χ2n) is 2.87. The monoisotopic (exact) mass is 169 g/mol. The molecule has 0 unspecified atom stereocenters. The van der Waals surface area contributed by atoms with Crippen LogP contribution >= 0.6 is 11.5 Å². The molecule has 0 saturated heterocycles. The van der Waals surface area contributed by atoms with E-state index in [-0.39, 0.29) is 0 Å². The highest BCUT2D eigenvalue weighted by Crippen LogP contribution is 2.22. The molecule has 2 rings (SSSR count). The third kappa shape index (κ3) is 1.68. The summed E-state index contributed by atoms with van der Waals surface area (Å²) < 4.78 is 3.93. The van der Waals surface area contributed by atoms with E-state index in [9.17, 15) is 0 Å². The summed E-state index contributed by atoms with van der Waals surface area (Å²) in [5.74, 6) is 0. The van der Waals surface area contributed by atoms with Crippen LogP contribution in [0.15, 0.2) is 6.33 Å². The second-order valence-corrected chi connectivity index (χ2v) is 3.65. The maximum atomic E-state index is 4.08. The number of anilines is 1. The first-order valence-electron chi connectivity index (χ1n) is 3.98. The molecule has 1 aliphatic carbocycles. The fourth-order valence-electron chi connectivity index (χ4n) is 1.48. The van der Waals surface area contributed by atoms with Crippen molar-refractivity contribution in [3.05, 3.63) is 6.33 Å². The number of nitrogens with one attached hydrogen (secondary N) is 1. The minimum Gasteiger partial charge on any atom is -0.358 e. The van der Waals surface area contributed by atoms with E-state index in [0.29, 0.717) is 6.04 Å². The molecule has 0 amide bonds. The average molecular weight is 169 g/mol. The summed E-state index contributed by atoms with van der Waals surface area (Å²) in [5.41, 5.74) is 0. The van der Waals surface area contributed by atoms with Gasteiger partial charge in [0, 0.05) is 17.6 Å². The first-order valence-corrected chi connectivity index (χ1v) is 4.76. The van der Waals surface area contributed by atoms with Gasteiger partial charge in [0.15, 0.2) is 0 Å². The van der Waals surface area contributed by atoms with E-state index in [1.54, 1.807) is 6.33 Å². The number of nitrogens with zero attached hydrogens (tertiary/aromatic N) is 2. The molecule has 1 saturated carbocycles. The van der Waals surface area contributed by atoms with Gasteiger partial charge in [-0.15, -0.1) is 0 Å². The lowest BCUT2D eigenvalue weighted by Crippen LogP contribution is -2.13. The molecule has 11 heavy (non-hydrogen) atoms. The molecule has 1 fully saturated rings. The van der Waals surface area contributed by atoms with Crippen LogP contribution in [0.5, 0.6) is 0 Å². The summed E-state index contributed by atoms with van der Waals surface area (Å²) in [5, 5.41) is 4.34. The van der Waals surface area contributed by atoms with Crippen LogP contribution in [-0.2, 0) is 0 Å². The third-order valence-corrected chi connectivity index (χ3v) is 2.64. The van der Waals surface area contributed by atoms with E-state index >= 15 is 0 Å². The molecule has 0 spiro atoms. The smallest absolute Gasteiger partial charge is 0.202 e. The molecule has 0 aliphatic heterocycles. The van der Waals surface area contributed by atoms with E-state index in [0.717, 1.165) is 5.13 Å². The molecule has 1 heterocycles. The molecular weight excluding hydrogens is 158 g/mol. The first-order chi connectivity index (χ1) is 5.45. The fraction of sp³-hybridized carbons (Fsp3) is 0.714. The topological polar surface area (TPSA) is 37.8 Å². The van der Waals surface area contributed by atoms with Crippen LogP contribution in [0.2, 0.25) is 0 Å². The number of hydrogen-bond donors (Lipinski definition) is 1. The van der Waals surface area contributed by atoms with Crippen molar-refractivity contribution in [2.24, 2.45) is 0 Å². The normalized spacial score (nSPS) is 18.9. The maximum Gasteiger partial charge on any atom is 0.202 e. The lowest BCUT2D eigenvalue weighted by molar-refractivity contribution is 0.754. The summed E-state index contributed by atoms with van der Waals surface area (Å²) in [7, 11) is 0. The van der Waals surface area contributed by atoms with E-state index in [1.807, 2.05) is 0 Å². The predicted octanol–water partition coefficient (Wildman–Crippen LogP) is 1.89. The fourth-order valence-corrected chi connectivity index (χ4v) is 1.99. The Balaban J connectivity index is 1.90. The Labute approximate surface area is 70.0 Å². The Morgan fingerprint density at radius 1 is 1.45 bits per heavy atom. The van der Waals surface area contributed by atoms with Crippen LogP contribution in [-0.4, -0.2) is 15.4 Å². The largest absolute Gasteiger partial charge is 0.358 e. The van der Waals surface area contributed by atoms with E-state index in [2.05, 4.69) is 14.7 Å². The molecule has 1 aliphatic rings. The molecule has 0 radical (unpaired) electrons. The Bertz CT molecular complexity index is 203. The van der Waals surface area contributed by atoms with Crippen molar-refractivity contribution in [1.82, 2.24) is 9.36 Å². The summed E-state index contributed by atoms with van der Waals surface area (Å²) in [6.07, 6.45) is 6.90. The van der Waals surface area contributed by atoms with Crippen molar-refractivity contribution in [2.75, 3.05) is 5.32 Å². The Hall–Kier alpha value is -0.640. The zero-order valence-corrected chi connectivity index (χ0v) is 7.10. The number of hydrogen-bond acceptors (Lipinski definition) is 4. The van der Waals surface area contributed by atoms with Crippen LogP contribution < -0.4 is 5.32 Å². The predicted molar refractivity (Wildman–Crippen MR) is 45.8 cm³/mol. The van der Waals surface area contributed by atoms with Crippen LogP contribution in [0, 0.1) is 0 Å². The standard InChI is InChI=1S/C7H11N3S/c1-2-4-6(3-1)10-7-8-5-9-11-7/h5-6H,1-4H2,(H,8,9,10). The van der Waals surface area contributed by atoms with Gasteiger partial charge in [-0.05, 0) is 12.8 Å². The van der Waals surface area contributed by atoms with Gasteiger partial charge in [0.1, 0.15) is 6.33 Å². The molecule has 1 N–H and O–H groups in total. The number of rotatable bonds is 2. The quantitative estimate of drug-likeness (QED) is 0.734. The van der Waals surface area contributed by atoms with Gasteiger partial charge in [0.05, 0.1) is 0 Å². The molecule has 0 aromatic carbocycles. The van der Waals surface area contributed by atoms with Gasteiger partial charge in [-0.2, -0.15) is 4.37 Å². The zero-order valence-electron chi connectivity index (χ0n) is 6.29. The van der Waals surface area contributed by atoms with Crippen molar-refractivity contribution in [3.8, 4) is 0 Å². The van der Waals surface area contributed by atoms with E-state index < -0.39 is 0 Å². The Morgan fingerprint density at radius 2 is 2.27 bits per heavy atom. The van der Waals surface area contributed by atoms with Crippen molar-refractivity contribution >= 4 is 16.7 Å². The van der Waals surface area contributed by atoms with Crippen LogP contribution in [0.3, 0.4) is 0 Å². The maximum absolute atomic E-state index is 4.08. The van der Waals surface area contributed by atoms with Crippen molar-refractivity contribution in [3.63, 3.8) is 0 Å². The average Bonchev–Trinajstić information content (AvgIpc) is 2.60.